The number of carboxylic acid groups (broad SMARTS) is 1. The molecule has 6 nitrogen and oxygen atoms in total. The average molecular weight is 355 g/mol. The van der Waals surface area contributed by atoms with Gasteiger partial charge in [0.2, 0.25) is 5.91 Å². The molecule has 136 valence electrons. The van der Waals surface area contributed by atoms with Crippen LogP contribution in [0.4, 0.5) is 5.69 Å². The molecule has 26 heavy (non-hydrogen) atoms. The zero-order chi connectivity index (χ0) is 18.4. The van der Waals surface area contributed by atoms with Crippen LogP contribution in [0.3, 0.4) is 0 Å². The number of aromatic carboxylic acids is 1. The Balaban J connectivity index is 1.58. The van der Waals surface area contributed by atoms with Crippen LogP contribution in [-0.2, 0) is 16.1 Å². The Morgan fingerprint density at radius 3 is 2.62 bits per heavy atom. The van der Waals surface area contributed by atoms with Gasteiger partial charge >= 0.3 is 5.97 Å². The highest BCUT2D eigenvalue weighted by Gasteiger charge is 2.23. The van der Waals surface area contributed by atoms with E-state index in [1.807, 2.05) is 30.3 Å². The quantitative estimate of drug-likeness (QED) is 0.737. The SMILES string of the molecule is O=C(O)c1cc(OCCOCc2ccccc2)cc(N2CCCC2=O)c1. The molecule has 1 aliphatic rings. The van der Waals surface area contributed by atoms with Crippen molar-refractivity contribution in [3.63, 3.8) is 0 Å². The second kappa shape index (κ2) is 8.49. The van der Waals surface area contributed by atoms with Crippen LogP contribution in [0.2, 0.25) is 0 Å². The molecule has 1 N–H and O–H groups in total. The summed E-state index contributed by atoms with van der Waals surface area (Å²) >= 11 is 0. The molecule has 2 aromatic carbocycles. The highest BCUT2D eigenvalue weighted by atomic mass is 16.5. The summed E-state index contributed by atoms with van der Waals surface area (Å²) in [5, 5.41) is 9.29. The summed E-state index contributed by atoms with van der Waals surface area (Å²) in [7, 11) is 0. The van der Waals surface area contributed by atoms with Crippen LogP contribution in [0.25, 0.3) is 0 Å². The molecule has 0 aliphatic carbocycles. The van der Waals surface area contributed by atoms with Crippen LogP contribution in [-0.4, -0.2) is 36.7 Å². The minimum Gasteiger partial charge on any atom is -0.491 e. The van der Waals surface area contributed by atoms with Crippen molar-refractivity contribution in [2.24, 2.45) is 0 Å². The lowest BCUT2D eigenvalue weighted by Crippen LogP contribution is -2.24. The van der Waals surface area contributed by atoms with Crippen molar-refractivity contribution in [3.05, 3.63) is 59.7 Å². The van der Waals surface area contributed by atoms with Crippen molar-refractivity contribution >= 4 is 17.6 Å². The zero-order valence-electron chi connectivity index (χ0n) is 14.4. The Bertz CT molecular complexity index is 775. The van der Waals surface area contributed by atoms with E-state index in [1.54, 1.807) is 11.0 Å². The van der Waals surface area contributed by atoms with Crippen molar-refractivity contribution in [2.75, 3.05) is 24.7 Å². The summed E-state index contributed by atoms with van der Waals surface area (Å²) in [4.78, 5) is 24.9. The normalized spacial score (nSPS) is 13.8. The number of carbonyl (C=O) groups excluding carboxylic acids is 1. The molecule has 0 spiro atoms. The molecule has 0 unspecified atom stereocenters. The number of hydrogen-bond donors (Lipinski definition) is 1. The molecule has 0 radical (unpaired) electrons. The van der Waals surface area contributed by atoms with Gasteiger partial charge in [-0.3, -0.25) is 4.79 Å². The summed E-state index contributed by atoms with van der Waals surface area (Å²) in [5.41, 5.74) is 1.74. The Kier molecular flexibility index (Phi) is 5.86. The van der Waals surface area contributed by atoms with Gasteiger partial charge in [-0.25, -0.2) is 4.79 Å². The van der Waals surface area contributed by atoms with Gasteiger partial charge in [-0.05, 0) is 24.1 Å². The van der Waals surface area contributed by atoms with E-state index in [9.17, 15) is 14.7 Å². The fourth-order valence-electron chi connectivity index (χ4n) is 2.85. The summed E-state index contributed by atoms with van der Waals surface area (Å²) in [6, 6.07) is 14.5. The fraction of sp³-hybridized carbons (Fsp3) is 0.300. The first-order valence-corrected chi connectivity index (χ1v) is 8.57. The van der Waals surface area contributed by atoms with Gasteiger partial charge in [0.25, 0.3) is 0 Å². The minimum atomic E-state index is -1.05. The van der Waals surface area contributed by atoms with E-state index >= 15 is 0 Å². The topological polar surface area (TPSA) is 76.1 Å². The van der Waals surface area contributed by atoms with Crippen LogP contribution in [0.5, 0.6) is 5.75 Å². The number of hydrogen-bond acceptors (Lipinski definition) is 4. The third-order valence-corrected chi connectivity index (χ3v) is 4.13. The predicted octanol–water partition coefficient (Wildman–Crippen LogP) is 3.11. The maximum atomic E-state index is 11.9. The number of benzene rings is 2. The lowest BCUT2D eigenvalue weighted by Gasteiger charge is -2.18. The predicted molar refractivity (Wildman–Crippen MR) is 96.6 cm³/mol. The number of rotatable bonds is 8. The molecule has 0 bridgehead atoms. The molecule has 0 aromatic heterocycles. The molecule has 1 amide bonds. The van der Waals surface area contributed by atoms with E-state index in [2.05, 4.69) is 0 Å². The second-order valence-electron chi connectivity index (χ2n) is 6.06. The van der Waals surface area contributed by atoms with Gasteiger partial charge in [0.15, 0.2) is 0 Å². The smallest absolute Gasteiger partial charge is 0.335 e. The summed E-state index contributed by atoms with van der Waals surface area (Å²) in [6.45, 7) is 1.77. The van der Waals surface area contributed by atoms with Gasteiger partial charge < -0.3 is 19.5 Å². The van der Waals surface area contributed by atoms with Gasteiger partial charge in [-0.2, -0.15) is 0 Å². The molecular formula is C20H21NO5. The number of ether oxygens (including phenoxy) is 2. The lowest BCUT2D eigenvalue weighted by atomic mass is 10.1. The number of carbonyl (C=O) groups is 2. The lowest BCUT2D eigenvalue weighted by molar-refractivity contribution is -0.117. The molecule has 0 atom stereocenters. The number of nitrogens with zero attached hydrogens (tertiary/aromatic N) is 1. The second-order valence-corrected chi connectivity index (χ2v) is 6.06. The molecule has 0 saturated carbocycles. The number of carboxylic acids is 1. The van der Waals surface area contributed by atoms with Gasteiger partial charge in [-0.1, -0.05) is 30.3 Å². The third kappa shape index (κ3) is 4.61. The van der Waals surface area contributed by atoms with Crippen molar-refractivity contribution in [2.45, 2.75) is 19.4 Å². The third-order valence-electron chi connectivity index (χ3n) is 4.13. The maximum Gasteiger partial charge on any atom is 0.335 e. The van der Waals surface area contributed by atoms with Crippen molar-refractivity contribution in [1.82, 2.24) is 0 Å². The van der Waals surface area contributed by atoms with E-state index in [0.29, 0.717) is 44.2 Å². The van der Waals surface area contributed by atoms with E-state index < -0.39 is 5.97 Å². The zero-order valence-corrected chi connectivity index (χ0v) is 14.4. The Labute approximate surface area is 152 Å². The first-order valence-electron chi connectivity index (χ1n) is 8.57. The van der Waals surface area contributed by atoms with E-state index in [-0.39, 0.29) is 11.5 Å². The van der Waals surface area contributed by atoms with Crippen molar-refractivity contribution in [1.29, 1.82) is 0 Å². The number of anilines is 1. The molecule has 1 aliphatic heterocycles. The van der Waals surface area contributed by atoms with E-state index in [0.717, 1.165) is 12.0 Å². The highest BCUT2D eigenvalue weighted by molar-refractivity contribution is 5.97. The van der Waals surface area contributed by atoms with Crippen LogP contribution in [0.15, 0.2) is 48.5 Å². The van der Waals surface area contributed by atoms with Gasteiger partial charge in [0.05, 0.1) is 18.8 Å². The van der Waals surface area contributed by atoms with Crippen LogP contribution < -0.4 is 9.64 Å². The van der Waals surface area contributed by atoms with Crippen molar-refractivity contribution in [3.8, 4) is 5.75 Å². The van der Waals surface area contributed by atoms with E-state index in [4.69, 9.17) is 9.47 Å². The van der Waals surface area contributed by atoms with Crippen LogP contribution in [0.1, 0.15) is 28.8 Å². The van der Waals surface area contributed by atoms with E-state index in [1.165, 1.54) is 12.1 Å². The van der Waals surface area contributed by atoms with Crippen molar-refractivity contribution < 1.29 is 24.2 Å². The largest absolute Gasteiger partial charge is 0.491 e. The van der Waals surface area contributed by atoms with Gasteiger partial charge in [0, 0.05) is 24.7 Å². The van der Waals surface area contributed by atoms with Gasteiger partial charge in [0.1, 0.15) is 12.4 Å². The molecule has 3 rings (SSSR count). The Morgan fingerprint density at radius 2 is 1.92 bits per heavy atom. The highest BCUT2D eigenvalue weighted by Crippen LogP contribution is 2.27. The van der Waals surface area contributed by atoms with Gasteiger partial charge in [-0.15, -0.1) is 0 Å². The van der Waals surface area contributed by atoms with Crippen LogP contribution >= 0.6 is 0 Å². The summed E-state index contributed by atoms with van der Waals surface area (Å²) in [5.74, 6) is -0.628. The number of amides is 1. The Hall–Kier alpha value is -2.86. The monoisotopic (exact) mass is 355 g/mol. The molecular weight excluding hydrogens is 334 g/mol. The molecule has 1 saturated heterocycles. The average Bonchev–Trinajstić information content (AvgIpc) is 3.08. The molecule has 1 heterocycles. The first-order chi connectivity index (χ1) is 12.6. The standard InChI is InChI=1S/C20H21NO5/c22-19-7-4-8-21(19)17-11-16(20(23)24)12-18(13-17)26-10-9-25-14-15-5-2-1-3-6-15/h1-3,5-6,11-13H,4,7-10,14H2,(H,23,24). The van der Waals surface area contributed by atoms with Crippen LogP contribution in [0, 0.1) is 0 Å². The molecule has 6 heteroatoms. The summed E-state index contributed by atoms with van der Waals surface area (Å²) < 4.78 is 11.2. The Morgan fingerprint density at radius 1 is 1.12 bits per heavy atom. The first kappa shape index (κ1) is 17.9. The molecule has 2 aromatic rings. The fourth-order valence-corrected chi connectivity index (χ4v) is 2.85. The minimum absolute atomic E-state index is 0.00434. The molecule has 1 fully saturated rings. The maximum absolute atomic E-state index is 11.9. The summed E-state index contributed by atoms with van der Waals surface area (Å²) in [6.07, 6.45) is 1.26.